The topological polar surface area (TPSA) is 38.7 Å². The lowest BCUT2D eigenvalue weighted by Crippen LogP contribution is -2.10. The van der Waals surface area contributed by atoms with Gasteiger partial charge in [-0.05, 0) is 34.3 Å². The largest absolute Gasteiger partial charge is 0.490 e. The van der Waals surface area contributed by atoms with Gasteiger partial charge in [0.1, 0.15) is 12.4 Å². The van der Waals surface area contributed by atoms with Crippen molar-refractivity contribution >= 4 is 15.9 Å². The van der Waals surface area contributed by atoms with Crippen molar-refractivity contribution in [1.29, 1.82) is 0 Å². The standard InChI is InChI=1S/C14H21BrO3/c1-11(2)6-7-17-8-9-18-14-12(10-16)4-3-5-13(14)15/h3-5,11,16H,6-10H2,1-2H3. The van der Waals surface area contributed by atoms with Gasteiger partial charge in [0, 0.05) is 12.2 Å². The minimum absolute atomic E-state index is 0.0248. The van der Waals surface area contributed by atoms with E-state index in [0.717, 1.165) is 23.1 Å². The summed E-state index contributed by atoms with van der Waals surface area (Å²) < 4.78 is 12.0. The first-order chi connectivity index (χ1) is 8.65. The van der Waals surface area contributed by atoms with E-state index in [0.29, 0.717) is 24.9 Å². The van der Waals surface area contributed by atoms with E-state index < -0.39 is 0 Å². The van der Waals surface area contributed by atoms with Crippen LogP contribution in [0.25, 0.3) is 0 Å². The van der Waals surface area contributed by atoms with Crippen LogP contribution in [0.3, 0.4) is 0 Å². The maximum Gasteiger partial charge on any atom is 0.139 e. The van der Waals surface area contributed by atoms with Crippen LogP contribution in [0.5, 0.6) is 5.75 Å². The molecule has 0 saturated carbocycles. The fraction of sp³-hybridized carbons (Fsp3) is 0.571. The number of halogens is 1. The highest BCUT2D eigenvalue weighted by molar-refractivity contribution is 9.10. The molecule has 0 aliphatic rings. The predicted molar refractivity (Wildman–Crippen MR) is 75.8 cm³/mol. The molecule has 0 aliphatic carbocycles. The first-order valence-electron chi connectivity index (χ1n) is 6.24. The number of benzene rings is 1. The minimum atomic E-state index is -0.0248. The van der Waals surface area contributed by atoms with Crippen molar-refractivity contribution in [2.45, 2.75) is 26.9 Å². The summed E-state index contributed by atoms with van der Waals surface area (Å²) in [5, 5.41) is 9.21. The van der Waals surface area contributed by atoms with Crippen LogP contribution in [0.4, 0.5) is 0 Å². The first-order valence-corrected chi connectivity index (χ1v) is 7.03. The van der Waals surface area contributed by atoms with Crippen molar-refractivity contribution in [2.75, 3.05) is 19.8 Å². The molecule has 0 saturated heterocycles. The Labute approximate surface area is 117 Å². The zero-order chi connectivity index (χ0) is 13.4. The highest BCUT2D eigenvalue weighted by Crippen LogP contribution is 2.28. The summed E-state index contributed by atoms with van der Waals surface area (Å²) in [5.74, 6) is 1.36. The predicted octanol–water partition coefficient (Wildman–Crippen LogP) is 3.38. The van der Waals surface area contributed by atoms with Crippen LogP contribution < -0.4 is 4.74 Å². The molecular formula is C14H21BrO3. The Hall–Kier alpha value is -0.580. The lowest BCUT2D eigenvalue weighted by Gasteiger charge is -2.12. The average molecular weight is 317 g/mol. The van der Waals surface area contributed by atoms with Gasteiger partial charge >= 0.3 is 0 Å². The smallest absolute Gasteiger partial charge is 0.139 e. The summed E-state index contributed by atoms with van der Waals surface area (Å²) in [6, 6.07) is 5.62. The van der Waals surface area contributed by atoms with Crippen molar-refractivity contribution in [1.82, 2.24) is 0 Å². The molecule has 3 nitrogen and oxygen atoms in total. The van der Waals surface area contributed by atoms with Gasteiger partial charge in [0.25, 0.3) is 0 Å². The van der Waals surface area contributed by atoms with E-state index in [1.807, 2.05) is 18.2 Å². The molecule has 18 heavy (non-hydrogen) atoms. The highest BCUT2D eigenvalue weighted by atomic mass is 79.9. The molecule has 1 rings (SSSR count). The van der Waals surface area contributed by atoms with Crippen LogP contribution >= 0.6 is 15.9 Å². The third-order valence-corrected chi connectivity index (χ3v) is 3.16. The molecular weight excluding hydrogens is 296 g/mol. The number of aliphatic hydroxyl groups is 1. The Bertz CT molecular complexity index is 353. The van der Waals surface area contributed by atoms with Crippen molar-refractivity contribution in [3.63, 3.8) is 0 Å². The van der Waals surface area contributed by atoms with Gasteiger partial charge in [0.2, 0.25) is 0 Å². The van der Waals surface area contributed by atoms with Crippen LogP contribution in [0, 0.1) is 5.92 Å². The maximum absolute atomic E-state index is 9.21. The fourth-order valence-electron chi connectivity index (χ4n) is 1.46. The molecule has 0 unspecified atom stereocenters. The van der Waals surface area contributed by atoms with Gasteiger partial charge in [-0.2, -0.15) is 0 Å². The van der Waals surface area contributed by atoms with Crippen LogP contribution in [0.2, 0.25) is 0 Å². The van der Waals surface area contributed by atoms with Crippen molar-refractivity contribution in [2.24, 2.45) is 5.92 Å². The molecule has 4 heteroatoms. The highest BCUT2D eigenvalue weighted by Gasteiger charge is 2.06. The summed E-state index contributed by atoms with van der Waals surface area (Å²) in [4.78, 5) is 0. The van der Waals surface area contributed by atoms with Gasteiger partial charge in [-0.1, -0.05) is 26.0 Å². The van der Waals surface area contributed by atoms with Crippen molar-refractivity contribution in [3.8, 4) is 5.75 Å². The van der Waals surface area contributed by atoms with Gasteiger partial charge in [-0.25, -0.2) is 0 Å². The van der Waals surface area contributed by atoms with Crippen LogP contribution in [-0.4, -0.2) is 24.9 Å². The van der Waals surface area contributed by atoms with Crippen molar-refractivity contribution < 1.29 is 14.6 Å². The molecule has 0 amide bonds. The van der Waals surface area contributed by atoms with E-state index in [4.69, 9.17) is 9.47 Å². The lowest BCUT2D eigenvalue weighted by atomic mass is 10.1. The number of para-hydroxylation sites is 1. The minimum Gasteiger partial charge on any atom is -0.490 e. The molecule has 102 valence electrons. The molecule has 0 atom stereocenters. The summed E-state index contributed by atoms with van der Waals surface area (Å²) >= 11 is 3.41. The van der Waals surface area contributed by atoms with Crippen LogP contribution in [0.1, 0.15) is 25.8 Å². The number of hydrogen-bond donors (Lipinski definition) is 1. The molecule has 1 aromatic rings. The van der Waals surface area contributed by atoms with Gasteiger partial charge < -0.3 is 14.6 Å². The van der Waals surface area contributed by atoms with Gasteiger partial charge in [-0.3, -0.25) is 0 Å². The number of hydrogen-bond acceptors (Lipinski definition) is 3. The second-order valence-electron chi connectivity index (χ2n) is 4.53. The van der Waals surface area contributed by atoms with E-state index in [-0.39, 0.29) is 6.61 Å². The quantitative estimate of drug-likeness (QED) is 0.747. The Balaban J connectivity index is 2.31. The summed E-state index contributed by atoms with van der Waals surface area (Å²) in [6.45, 7) is 6.16. The maximum atomic E-state index is 9.21. The van der Waals surface area contributed by atoms with Crippen LogP contribution in [-0.2, 0) is 11.3 Å². The van der Waals surface area contributed by atoms with E-state index in [1.54, 1.807) is 0 Å². The first kappa shape index (κ1) is 15.5. The summed E-state index contributed by atoms with van der Waals surface area (Å²) in [7, 11) is 0. The molecule has 1 aromatic carbocycles. The monoisotopic (exact) mass is 316 g/mol. The second kappa shape index (κ2) is 8.51. The fourth-order valence-corrected chi connectivity index (χ4v) is 1.99. The van der Waals surface area contributed by atoms with Crippen LogP contribution in [0.15, 0.2) is 22.7 Å². The Morgan fingerprint density at radius 3 is 2.67 bits per heavy atom. The Morgan fingerprint density at radius 1 is 1.22 bits per heavy atom. The van der Waals surface area contributed by atoms with Gasteiger partial charge in [0.05, 0.1) is 17.7 Å². The molecule has 0 aliphatic heterocycles. The molecule has 0 fully saturated rings. The normalized spacial score (nSPS) is 10.9. The number of rotatable bonds is 8. The van der Waals surface area contributed by atoms with E-state index >= 15 is 0 Å². The Morgan fingerprint density at radius 2 is 2.00 bits per heavy atom. The molecule has 0 bridgehead atoms. The molecule has 1 N–H and O–H groups in total. The summed E-state index contributed by atoms with van der Waals surface area (Å²) in [6.07, 6.45) is 1.07. The molecule has 0 heterocycles. The van der Waals surface area contributed by atoms with E-state index in [1.165, 1.54) is 0 Å². The number of aliphatic hydroxyl groups excluding tert-OH is 1. The lowest BCUT2D eigenvalue weighted by molar-refractivity contribution is 0.0915. The third kappa shape index (κ3) is 5.38. The van der Waals surface area contributed by atoms with Gasteiger partial charge in [0.15, 0.2) is 0 Å². The van der Waals surface area contributed by atoms with Gasteiger partial charge in [-0.15, -0.1) is 0 Å². The molecule has 0 aromatic heterocycles. The zero-order valence-electron chi connectivity index (χ0n) is 11.0. The second-order valence-corrected chi connectivity index (χ2v) is 5.38. The number of ether oxygens (including phenoxy) is 2. The van der Waals surface area contributed by atoms with E-state index in [9.17, 15) is 5.11 Å². The Kier molecular flexibility index (Phi) is 7.32. The third-order valence-electron chi connectivity index (χ3n) is 2.53. The van der Waals surface area contributed by atoms with E-state index in [2.05, 4.69) is 29.8 Å². The average Bonchev–Trinajstić information content (AvgIpc) is 2.34. The SMILES string of the molecule is CC(C)CCOCCOc1c(Br)cccc1CO. The zero-order valence-corrected chi connectivity index (χ0v) is 12.6. The summed E-state index contributed by atoms with van der Waals surface area (Å²) in [5.41, 5.74) is 0.784. The molecule has 0 spiro atoms. The van der Waals surface area contributed by atoms with Crippen molar-refractivity contribution in [3.05, 3.63) is 28.2 Å². The molecule has 0 radical (unpaired) electrons.